The molecular weight excluding hydrogens is 116 g/mol. The third-order valence-electron chi connectivity index (χ3n) is 1.11. The fraction of sp³-hybridized carbons (Fsp3) is 0.286. The number of esters is 1. The van der Waals surface area contributed by atoms with Crippen molar-refractivity contribution < 1.29 is 9.53 Å². The smallest absolute Gasteiger partial charge is 0.331 e. The molecule has 9 heavy (non-hydrogen) atoms. The summed E-state index contributed by atoms with van der Waals surface area (Å²) < 4.78 is 4.78. The molecule has 0 saturated carbocycles. The van der Waals surface area contributed by atoms with Crippen LogP contribution in [0, 0.1) is 0 Å². The molecule has 1 aliphatic heterocycles. The average Bonchev–Trinajstić information content (AvgIpc) is 2.17. The summed E-state index contributed by atoms with van der Waals surface area (Å²) in [4.78, 5) is 10.4. The quantitative estimate of drug-likeness (QED) is 0.406. The van der Waals surface area contributed by atoms with Gasteiger partial charge in [0.1, 0.15) is 6.10 Å². The highest BCUT2D eigenvalue weighted by atomic mass is 16.5. The molecule has 1 heterocycles. The van der Waals surface area contributed by atoms with Gasteiger partial charge in [0.15, 0.2) is 0 Å². The number of cyclic esters (lactones) is 1. The van der Waals surface area contributed by atoms with Crippen LogP contribution in [-0.4, -0.2) is 12.1 Å². The van der Waals surface area contributed by atoms with E-state index < -0.39 is 0 Å². The van der Waals surface area contributed by atoms with Gasteiger partial charge in [0.2, 0.25) is 0 Å². The molecule has 0 bridgehead atoms. The van der Waals surface area contributed by atoms with Crippen LogP contribution >= 0.6 is 0 Å². The second-order valence-corrected chi connectivity index (χ2v) is 1.86. The van der Waals surface area contributed by atoms with Crippen molar-refractivity contribution in [3.63, 3.8) is 0 Å². The van der Waals surface area contributed by atoms with Gasteiger partial charge < -0.3 is 4.74 Å². The van der Waals surface area contributed by atoms with Gasteiger partial charge in [-0.15, -0.1) is 6.58 Å². The van der Waals surface area contributed by atoms with Crippen LogP contribution in [0.25, 0.3) is 0 Å². The highest BCUT2D eigenvalue weighted by molar-refractivity contribution is 5.84. The Hall–Kier alpha value is -1.05. The molecule has 0 spiro atoms. The van der Waals surface area contributed by atoms with E-state index in [4.69, 9.17) is 4.74 Å². The Bertz CT molecular complexity index is 158. The average molecular weight is 124 g/mol. The van der Waals surface area contributed by atoms with E-state index in [1.807, 2.05) is 0 Å². The number of hydrogen-bond acceptors (Lipinski definition) is 2. The van der Waals surface area contributed by atoms with Crippen LogP contribution in [0.2, 0.25) is 0 Å². The number of carbonyl (C=O) groups is 1. The summed E-state index contributed by atoms with van der Waals surface area (Å²) in [6.07, 6.45) is 5.56. The monoisotopic (exact) mass is 124 g/mol. The minimum Gasteiger partial charge on any atom is -0.455 e. The zero-order chi connectivity index (χ0) is 6.69. The van der Waals surface area contributed by atoms with Crippen LogP contribution in [-0.2, 0) is 9.53 Å². The molecule has 0 aromatic heterocycles. The van der Waals surface area contributed by atoms with Crippen LogP contribution in [0.3, 0.4) is 0 Å². The fourth-order valence-corrected chi connectivity index (χ4v) is 0.705. The van der Waals surface area contributed by atoms with Gasteiger partial charge in [-0.05, 0) is 6.08 Å². The van der Waals surface area contributed by atoms with Crippen LogP contribution in [0.5, 0.6) is 0 Å². The van der Waals surface area contributed by atoms with Gasteiger partial charge in [0, 0.05) is 12.5 Å². The molecule has 1 rings (SSSR count). The van der Waals surface area contributed by atoms with Crippen molar-refractivity contribution in [3.8, 4) is 0 Å². The SMILES string of the molecule is C=CC[C@@H]1C=CC(=O)O1. The fourth-order valence-electron chi connectivity index (χ4n) is 0.705. The van der Waals surface area contributed by atoms with Crippen molar-refractivity contribution in [3.05, 3.63) is 24.8 Å². The summed E-state index contributed by atoms with van der Waals surface area (Å²) >= 11 is 0. The van der Waals surface area contributed by atoms with Crippen molar-refractivity contribution >= 4 is 5.97 Å². The lowest BCUT2D eigenvalue weighted by molar-refractivity contribution is -0.138. The molecule has 48 valence electrons. The van der Waals surface area contributed by atoms with Gasteiger partial charge in [0.05, 0.1) is 0 Å². The Morgan fingerprint density at radius 1 is 1.89 bits per heavy atom. The normalized spacial score (nSPS) is 24.0. The molecule has 1 atom stereocenters. The van der Waals surface area contributed by atoms with E-state index in [0.29, 0.717) is 6.42 Å². The lowest BCUT2D eigenvalue weighted by atomic mass is 10.2. The molecule has 0 amide bonds. The molecule has 2 heteroatoms. The summed E-state index contributed by atoms with van der Waals surface area (Å²) in [7, 11) is 0. The maximum absolute atomic E-state index is 10.4. The maximum Gasteiger partial charge on any atom is 0.331 e. The molecule has 0 fully saturated rings. The molecule has 1 aliphatic rings. The van der Waals surface area contributed by atoms with Crippen LogP contribution in [0.15, 0.2) is 24.8 Å². The third-order valence-corrected chi connectivity index (χ3v) is 1.11. The van der Waals surface area contributed by atoms with Gasteiger partial charge in [-0.3, -0.25) is 0 Å². The predicted molar refractivity (Wildman–Crippen MR) is 33.8 cm³/mol. The van der Waals surface area contributed by atoms with Crippen molar-refractivity contribution in [1.82, 2.24) is 0 Å². The highest BCUT2D eigenvalue weighted by Gasteiger charge is 2.13. The third kappa shape index (κ3) is 1.42. The summed E-state index contributed by atoms with van der Waals surface area (Å²) in [5.74, 6) is -0.248. The lowest BCUT2D eigenvalue weighted by Gasteiger charge is -2.02. The molecule has 0 radical (unpaired) electrons. The molecule has 0 unspecified atom stereocenters. The summed E-state index contributed by atoms with van der Waals surface area (Å²) in [6, 6.07) is 0. The number of ether oxygens (including phenoxy) is 1. The molecule has 0 aromatic carbocycles. The van der Waals surface area contributed by atoms with Gasteiger partial charge in [-0.1, -0.05) is 6.08 Å². The molecular formula is C7H8O2. The van der Waals surface area contributed by atoms with Gasteiger partial charge in [-0.25, -0.2) is 4.79 Å². The van der Waals surface area contributed by atoms with E-state index in [0.717, 1.165) is 0 Å². The van der Waals surface area contributed by atoms with E-state index >= 15 is 0 Å². The Kier molecular flexibility index (Phi) is 1.68. The Morgan fingerprint density at radius 3 is 3.11 bits per heavy atom. The van der Waals surface area contributed by atoms with Crippen LogP contribution in [0.4, 0.5) is 0 Å². The minimum absolute atomic E-state index is 0.0602. The van der Waals surface area contributed by atoms with Crippen LogP contribution in [0.1, 0.15) is 6.42 Å². The summed E-state index contributed by atoms with van der Waals surface area (Å²) in [6.45, 7) is 3.52. The van der Waals surface area contributed by atoms with E-state index in [9.17, 15) is 4.79 Å². The van der Waals surface area contributed by atoms with Crippen molar-refractivity contribution in [1.29, 1.82) is 0 Å². The Balaban J connectivity index is 2.40. The topological polar surface area (TPSA) is 26.3 Å². The molecule has 0 aromatic rings. The number of hydrogen-bond donors (Lipinski definition) is 0. The van der Waals surface area contributed by atoms with Gasteiger partial charge in [-0.2, -0.15) is 0 Å². The van der Waals surface area contributed by atoms with E-state index in [-0.39, 0.29) is 12.1 Å². The van der Waals surface area contributed by atoms with Crippen LogP contribution < -0.4 is 0 Å². The zero-order valence-corrected chi connectivity index (χ0v) is 5.04. The van der Waals surface area contributed by atoms with E-state index in [2.05, 4.69) is 6.58 Å². The number of rotatable bonds is 2. The zero-order valence-electron chi connectivity index (χ0n) is 5.04. The van der Waals surface area contributed by atoms with Crippen molar-refractivity contribution in [2.45, 2.75) is 12.5 Å². The summed E-state index contributed by atoms with van der Waals surface area (Å²) in [5.41, 5.74) is 0. The second-order valence-electron chi connectivity index (χ2n) is 1.86. The van der Waals surface area contributed by atoms with Crippen molar-refractivity contribution in [2.75, 3.05) is 0 Å². The minimum atomic E-state index is -0.248. The first-order valence-corrected chi connectivity index (χ1v) is 2.82. The summed E-state index contributed by atoms with van der Waals surface area (Å²) in [5, 5.41) is 0. The Morgan fingerprint density at radius 2 is 2.67 bits per heavy atom. The Labute approximate surface area is 53.8 Å². The first-order valence-electron chi connectivity index (χ1n) is 2.82. The molecule has 0 aliphatic carbocycles. The first-order chi connectivity index (χ1) is 4.33. The van der Waals surface area contributed by atoms with Crippen molar-refractivity contribution in [2.24, 2.45) is 0 Å². The van der Waals surface area contributed by atoms with Gasteiger partial charge >= 0.3 is 5.97 Å². The first kappa shape index (κ1) is 6.08. The lowest BCUT2D eigenvalue weighted by Crippen LogP contribution is -2.05. The number of carbonyl (C=O) groups excluding carboxylic acids is 1. The van der Waals surface area contributed by atoms with E-state index in [1.54, 1.807) is 12.2 Å². The highest BCUT2D eigenvalue weighted by Crippen LogP contribution is 2.08. The largest absolute Gasteiger partial charge is 0.455 e. The maximum atomic E-state index is 10.4. The second kappa shape index (κ2) is 2.49. The molecule has 2 nitrogen and oxygen atoms in total. The molecule has 0 saturated heterocycles. The standard InChI is InChI=1S/C7H8O2/c1-2-3-6-4-5-7(8)9-6/h2,4-6H,1,3H2/t6-/m1/s1. The molecule has 0 N–H and O–H groups in total. The predicted octanol–water partition coefficient (Wildman–Crippen LogP) is 1.04. The van der Waals surface area contributed by atoms with Gasteiger partial charge in [0.25, 0.3) is 0 Å². The van der Waals surface area contributed by atoms with E-state index in [1.165, 1.54) is 6.08 Å².